The van der Waals surface area contributed by atoms with E-state index in [4.69, 9.17) is 0 Å². The first-order valence-electron chi connectivity index (χ1n) is 5.09. The molecule has 0 spiro atoms. The van der Waals surface area contributed by atoms with Crippen LogP contribution in [0.4, 0.5) is 35.1 Å². The monoisotopic (exact) mass is 335 g/mol. The number of alkyl halides is 3. The van der Waals surface area contributed by atoms with Gasteiger partial charge in [0.05, 0.1) is 0 Å². The number of halogens is 8. The van der Waals surface area contributed by atoms with Crippen molar-refractivity contribution in [1.82, 2.24) is 0 Å². The van der Waals surface area contributed by atoms with Crippen LogP contribution in [-0.4, -0.2) is 18.8 Å². The van der Waals surface area contributed by atoms with E-state index in [1.165, 1.54) is 0 Å². The average Bonchev–Trinajstić information content (AvgIpc) is 2.40. The van der Waals surface area contributed by atoms with Gasteiger partial charge in [0.15, 0.2) is 29.9 Å². The molecule has 0 bridgehead atoms. The maximum atomic E-state index is 13.2. The molecule has 0 aliphatic carbocycles. The smallest absolute Gasteiger partial charge is 0.422 e. The van der Waals surface area contributed by atoms with Crippen LogP contribution in [0.2, 0.25) is 0 Å². The average molecular weight is 335 g/mol. The molecule has 0 fully saturated rings. The predicted octanol–water partition coefficient (Wildman–Crippen LogP) is 2.19. The molecule has 0 saturated carbocycles. The third kappa shape index (κ3) is 3.86. The molecule has 11 heteroatoms. The fraction of sp³-hybridized carbons (Fsp3) is 0.182. The van der Waals surface area contributed by atoms with Crippen LogP contribution >= 0.6 is 0 Å². The molecule has 1 aromatic carbocycles. The van der Waals surface area contributed by atoms with Crippen LogP contribution in [0.15, 0.2) is 6.08 Å². The Kier molecular flexibility index (Phi) is 4.99. The van der Waals surface area contributed by atoms with Gasteiger partial charge in [0.25, 0.3) is 0 Å². The van der Waals surface area contributed by atoms with E-state index in [1.54, 1.807) is 0 Å². The molecule has 122 valence electrons. The number of hydrogen-bond donors (Lipinski definition) is 0. The summed E-state index contributed by atoms with van der Waals surface area (Å²) in [5.74, 6) is -16.5. The molecule has 1 rings (SSSR count). The predicted molar refractivity (Wildman–Crippen MR) is 51.2 cm³/mol. The molecule has 0 unspecified atom stereocenters. The Balaban J connectivity index is 3.16. The van der Waals surface area contributed by atoms with E-state index in [2.05, 4.69) is 4.74 Å². The third-order valence-electron chi connectivity index (χ3n) is 2.08. The van der Waals surface area contributed by atoms with Gasteiger partial charge in [-0.25, -0.2) is 26.7 Å². The lowest BCUT2D eigenvalue weighted by atomic mass is 10.1. The number of carbonyl (C=O) groups excluding carboxylic acids is 1. The molecule has 22 heavy (non-hydrogen) atoms. The molecular weight excluding hydrogens is 332 g/mol. The second kappa shape index (κ2) is 6.20. The van der Waals surface area contributed by atoms with Crippen LogP contribution in [-0.2, 0) is 9.53 Å². The Morgan fingerprint density at radius 2 is 1.36 bits per heavy atom. The summed E-state index contributed by atoms with van der Waals surface area (Å²) in [6, 6.07) is 0. The van der Waals surface area contributed by atoms with Crippen LogP contribution < -0.4 is 5.11 Å². The lowest BCUT2D eigenvalue weighted by Gasteiger charge is -2.15. The topological polar surface area (TPSA) is 49.4 Å². The van der Waals surface area contributed by atoms with Crippen LogP contribution in [0.1, 0.15) is 5.56 Å². The third-order valence-corrected chi connectivity index (χ3v) is 2.08. The SMILES string of the molecule is O=C(/C=C(\[O-])c1c(F)c(F)c(F)c(F)c1F)OCC(F)(F)F. The number of esters is 1. The zero-order chi connectivity index (χ0) is 17.2. The second-order valence-electron chi connectivity index (χ2n) is 3.68. The van der Waals surface area contributed by atoms with Crippen molar-refractivity contribution in [3.8, 4) is 0 Å². The highest BCUT2D eigenvalue weighted by atomic mass is 19.4. The van der Waals surface area contributed by atoms with E-state index in [1.807, 2.05) is 0 Å². The van der Waals surface area contributed by atoms with E-state index in [0.717, 1.165) is 0 Å². The van der Waals surface area contributed by atoms with E-state index >= 15 is 0 Å². The zero-order valence-corrected chi connectivity index (χ0v) is 10.0. The lowest BCUT2D eigenvalue weighted by molar-refractivity contribution is -0.245. The van der Waals surface area contributed by atoms with E-state index in [0.29, 0.717) is 0 Å². The zero-order valence-electron chi connectivity index (χ0n) is 10.0. The first-order chi connectivity index (χ1) is 9.95. The number of hydrogen-bond acceptors (Lipinski definition) is 3. The maximum absolute atomic E-state index is 13.2. The van der Waals surface area contributed by atoms with Crippen LogP contribution in [0.5, 0.6) is 0 Å². The molecule has 0 aliphatic heterocycles. The summed E-state index contributed by atoms with van der Waals surface area (Å²) in [5.41, 5.74) is -1.99. The Hall–Kier alpha value is -2.33. The summed E-state index contributed by atoms with van der Waals surface area (Å²) in [6.07, 6.45) is -5.30. The van der Waals surface area contributed by atoms with Crippen LogP contribution in [0.3, 0.4) is 0 Å². The summed E-state index contributed by atoms with van der Waals surface area (Å²) in [6.45, 7) is -2.10. The Bertz CT molecular complexity index is 606. The summed E-state index contributed by atoms with van der Waals surface area (Å²) >= 11 is 0. The molecule has 0 saturated heterocycles. The van der Waals surface area contributed by atoms with Gasteiger partial charge in [0, 0.05) is 11.6 Å². The highest BCUT2D eigenvalue weighted by Crippen LogP contribution is 2.26. The number of ether oxygens (including phenoxy) is 1. The quantitative estimate of drug-likeness (QED) is 0.212. The minimum Gasteiger partial charge on any atom is -0.872 e. The Morgan fingerprint density at radius 3 is 1.77 bits per heavy atom. The van der Waals surface area contributed by atoms with E-state index in [9.17, 15) is 45.0 Å². The van der Waals surface area contributed by atoms with Crippen molar-refractivity contribution in [1.29, 1.82) is 0 Å². The first-order valence-corrected chi connectivity index (χ1v) is 5.09. The molecular formula is C11H3F8O3-. The van der Waals surface area contributed by atoms with Crippen molar-refractivity contribution in [3.05, 3.63) is 40.7 Å². The van der Waals surface area contributed by atoms with Gasteiger partial charge in [-0.2, -0.15) is 13.2 Å². The second-order valence-corrected chi connectivity index (χ2v) is 3.68. The highest BCUT2D eigenvalue weighted by molar-refractivity contribution is 5.89. The normalized spacial score (nSPS) is 12.5. The van der Waals surface area contributed by atoms with Gasteiger partial charge < -0.3 is 9.84 Å². The molecule has 0 aliphatic rings. The molecule has 0 atom stereocenters. The van der Waals surface area contributed by atoms with Crippen LogP contribution in [0.25, 0.3) is 5.76 Å². The summed E-state index contributed by atoms with van der Waals surface area (Å²) in [5, 5.41) is 11.3. The van der Waals surface area contributed by atoms with Crippen molar-refractivity contribution in [2.24, 2.45) is 0 Å². The maximum Gasteiger partial charge on any atom is 0.422 e. The summed E-state index contributed by atoms with van der Waals surface area (Å²) in [4.78, 5) is 10.8. The lowest BCUT2D eigenvalue weighted by Crippen LogP contribution is -2.20. The van der Waals surface area contributed by atoms with Crippen LogP contribution in [0, 0.1) is 29.1 Å². The van der Waals surface area contributed by atoms with Crippen molar-refractivity contribution < 1.29 is 49.8 Å². The minimum atomic E-state index is -4.93. The van der Waals surface area contributed by atoms with E-state index in [-0.39, 0.29) is 6.08 Å². The largest absolute Gasteiger partial charge is 0.872 e. The molecule has 3 nitrogen and oxygen atoms in total. The van der Waals surface area contributed by atoms with Crippen molar-refractivity contribution in [3.63, 3.8) is 0 Å². The fourth-order valence-corrected chi connectivity index (χ4v) is 1.20. The summed E-state index contributed by atoms with van der Waals surface area (Å²) < 4.78 is 103. The standard InChI is InChI=1S/C11H4F8O3/c12-6-5(7(13)9(15)10(16)8(6)14)3(20)1-4(21)22-2-11(17,18)19/h1,20H,2H2/p-1/b3-1-. The first kappa shape index (κ1) is 17.7. The van der Waals surface area contributed by atoms with Gasteiger partial charge in [-0.15, -0.1) is 0 Å². The molecule has 0 amide bonds. The Morgan fingerprint density at radius 1 is 0.955 bits per heavy atom. The molecule has 0 N–H and O–H groups in total. The van der Waals surface area contributed by atoms with Crippen molar-refractivity contribution >= 4 is 11.7 Å². The van der Waals surface area contributed by atoms with Gasteiger partial charge in [-0.1, -0.05) is 5.76 Å². The van der Waals surface area contributed by atoms with Crippen molar-refractivity contribution in [2.75, 3.05) is 6.61 Å². The van der Waals surface area contributed by atoms with Crippen molar-refractivity contribution in [2.45, 2.75) is 6.18 Å². The molecule has 0 radical (unpaired) electrons. The number of benzene rings is 1. The number of rotatable bonds is 3. The van der Waals surface area contributed by atoms with Gasteiger partial charge in [0.2, 0.25) is 5.82 Å². The summed E-state index contributed by atoms with van der Waals surface area (Å²) in [7, 11) is 0. The van der Waals surface area contributed by atoms with Gasteiger partial charge in [-0.3, -0.25) is 0 Å². The van der Waals surface area contributed by atoms with E-state index < -0.39 is 59.2 Å². The Labute approximate surface area is 116 Å². The molecule has 0 aromatic heterocycles. The molecule has 0 heterocycles. The molecule has 1 aromatic rings. The van der Waals surface area contributed by atoms with Gasteiger partial charge in [-0.05, 0) is 0 Å². The fourth-order valence-electron chi connectivity index (χ4n) is 1.20. The highest BCUT2D eigenvalue weighted by Gasteiger charge is 2.29. The minimum absolute atomic E-state index is 0.371. The number of carbonyl (C=O) groups is 1. The van der Waals surface area contributed by atoms with Gasteiger partial charge in [0.1, 0.15) is 0 Å². The van der Waals surface area contributed by atoms with Gasteiger partial charge >= 0.3 is 12.1 Å².